The molecule has 0 bridgehead atoms. The van der Waals surface area contributed by atoms with E-state index in [2.05, 4.69) is 11.9 Å². The standard InChI is InChI=1S/C11H19NO2/c1-3-14-11(13)9-10-5-4-7-12(2)8-6-10/h9H,3-8H2,1-2H3/b10-9+. The van der Waals surface area contributed by atoms with Crippen molar-refractivity contribution in [3.05, 3.63) is 11.6 Å². The van der Waals surface area contributed by atoms with Gasteiger partial charge in [-0.3, -0.25) is 0 Å². The summed E-state index contributed by atoms with van der Waals surface area (Å²) in [6, 6.07) is 0. The molecule has 14 heavy (non-hydrogen) atoms. The van der Waals surface area contributed by atoms with Crippen molar-refractivity contribution in [3.63, 3.8) is 0 Å². The van der Waals surface area contributed by atoms with Gasteiger partial charge in [0.25, 0.3) is 0 Å². The van der Waals surface area contributed by atoms with Crippen molar-refractivity contribution in [1.82, 2.24) is 4.90 Å². The number of ether oxygens (including phenoxy) is 1. The highest BCUT2D eigenvalue weighted by atomic mass is 16.5. The van der Waals surface area contributed by atoms with Crippen LogP contribution in [0.2, 0.25) is 0 Å². The minimum Gasteiger partial charge on any atom is -0.463 e. The first kappa shape index (κ1) is 11.2. The minimum absolute atomic E-state index is 0.188. The van der Waals surface area contributed by atoms with E-state index in [0.717, 1.165) is 32.4 Å². The van der Waals surface area contributed by atoms with Crippen LogP contribution in [0.4, 0.5) is 0 Å². The van der Waals surface area contributed by atoms with Crippen LogP contribution in [-0.2, 0) is 9.53 Å². The molecule has 0 atom stereocenters. The largest absolute Gasteiger partial charge is 0.463 e. The van der Waals surface area contributed by atoms with Gasteiger partial charge < -0.3 is 9.64 Å². The van der Waals surface area contributed by atoms with Crippen molar-refractivity contribution >= 4 is 5.97 Å². The van der Waals surface area contributed by atoms with Gasteiger partial charge in [0, 0.05) is 12.6 Å². The van der Waals surface area contributed by atoms with E-state index in [1.165, 1.54) is 5.57 Å². The van der Waals surface area contributed by atoms with E-state index < -0.39 is 0 Å². The van der Waals surface area contributed by atoms with Crippen LogP contribution in [0.15, 0.2) is 11.6 Å². The number of carbonyl (C=O) groups is 1. The molecule has 1 aliphatic heterocycles. The predicted molar refractivity (Wildman–Crippen MR) is 56.1 cm³/mol. The lowest BCUT2D eigenvalue weighted by Crippen LogP contribution is -2.18. The van der Waals surface area contributed by atoms with Gasteiger partial charge in [-0.25, -0.2) is 4.79 Å². The quantitative estimate of drug-likeness (QED) is 0.497. The Morgan fingerprint density at radius 2 is 2.29 bits per heavy atom. The van der Waals surface area contributed by atoms with Crippen molar-refractivity contribution in [3.8, 4) is 0 Å². The lowest BCUT2D eigenvalue weighted by atomic mass is 10.1. The number of likely N-dealkylation sites (tertiary alicyclic amines) is 1. The van der Waals surface area contributed by atoms with Gasteiger partial charge in [0.2, 0.25) is 0 Å². The zero-order chi connectivity index (χ0) is 10.4. The maximum atomic E-state index is 11.2. The molecule has 1 rings (SSSR count). The van der Waals surface area contributed by atoms with Crippen LogP contribution in [0.3, 0.4) is 0 Å². The van der Waals surface area contributed by atoms with Gasteiger partial charge in [0.05, 0.1) is 6.61 Å². The Labute approximate surface area is 85.7 Å². The van der Waals surface area contributed by atoms with Crippen molar-refractivity contribution in [2.75, 3.05) is 26.7 Å². The van der Waals surface area contributed by atoms with Crippen LogP contribution in [0, 0.1) is 0 Å². The van der Waals surface area contributed by atoms with E-state index in [1.54, 1.807) is 6.08 Å². The second-order valence-corrected chi connectivity index (χ2v) is 3.71. The average Bonchev–Trinajstić information content (AvgIpc) is 2.32. The van der Waals surface area contributed by atoms with Crippen molar-refractivity contribution < 1.29 is 9.53 Å². The first-order chi connectivity index (χ1) is 6.72. The molecule has 0 unspecified atom stereocenters. The van der Waals surface area contributed by atoms with Crippen molar-refractivity contribution in [2.45, 2.75) is 26.2 Å². The molecule has 0 N–H and O–H groups in total. The molecule has 0 aromatic rings. The number of rotatable bonds is 2. The van der Waals surface area contributed by atoms with Gasteiger partial charge in [-0.05, 0) is 39.8 Å². The second-order valence-electron chi connectivity index (χ2n) is 3.71. The summed E-state index contributed by atoms with van der Waals surface area (Å²) in [5.41, 5.74) is 1.23. The Morgan fingerprint density at radius 3 is 3.00 bits per heavy atom. The van der Waals surface area contributed by atoms with E-state index in [1.807, 2.05) is 6.92 Å². The average molecular weight is 197 g/mol. The molecule has 0 spiro atoms. The fourth-order valence-corrected chi connectivity index (χ4v) is 1.64. The SMILES string of the molecule is CCOC(=O)/C=C1\CCCN(C)CC1. The van der Waals surface area contributed by atoms with Crippen LogP contribution >= 0.6 is 0 Å². The fourth-order valence-electron chi connectivity index (χ4n) is 1.64. The number of carbonyl (C=O) groups excluding carboxylic acids is 1. The summed E-state index contributed by atoms with van der Waals surface area (Å²) in [6.45, 7) is 4.46. The molecule has 0 saturated carbocycles. The summed E-state index contributed by atoms with van der Waals surface area (Å²) in [6.07, 6.45) is 4.84. The van der Waals surface area contributed by atoms with E-state index in [9.17, 15) is 4.79 Å². The Kier molecular flexibility index (Phi) is 4.66. The molecule has 0 amide bonds. The smallest absolute Gasteiger partial charge is 0.330 e. The highest BCUT2D eigenvalue weighted by Gasteiger charge is 2.09. The normalized spacial score (nSPS) is 22.0. The van der Waals surface area contributed by atoms with Crippen LogP contribution in [-0.4, -0.2) is 37.6 Å². The number of hydrogen-bond acceptors (Lipinski definition) is 3. The number of hydrogen-bond donors (Lipinski definition) is 0. The summed E-state index contributed by atoms with van der Waals surface area (Å²) >= 11 is 0. The lowest BCUT2D eigenvalue weighted by molar-refractivity contribution is -0.137. The van der Waals surface area contributed by atoms with Gasteiger partial charge in [-0.2, -0.15) is 0 Å². The molecule has 3 nitrogen and oxygen atoms in total. The van der Waals surface area contributed by atoms with E-state index in [-0.39, 0.29) is 5.97 Å². The summed E-state index contributed by atoms with van der Waals surface area (Å²) in [5, 5.41) is 0. The highest BCUT2D eigenvalue weighted by molar-refractivity contribution is 5.82. The third kappa shape index (κ3) is 3.92. The summed E-state index contributed by atoms with van der Waals surface area (Å²) in [5.74, 6) is -0.188. The summed E-state index contributed by atoms with van der Waals surface area (Å²) in [7, 11) is 2.12. The van der Waals surface area contributed by atoms with Crippen LogP contribution < -0.4 is 0 Å². The maximum Gasteiger partial charge on any atom is 0.330 e. The topological polar surface area (TPSA) is 29.5 Å². The van der Waals surface area contributed by atoms with Crippen molar-refractivity contribution in [1.29, 1.82) is 0 Å². The Balaban J connectivity index is 2.46. The molecule has 1 fully saturated rings. The van der Waals surface area contributed by atoms with Crippen LogP contribution in [0.1, 0.15) is 26.2 Å². The molecule has 1 aliphatic rings. The minimum atomic E-state index is -0.188. The molecule has 1 saturated heterocycles. The van der Waals surface area contributed by atoms with Crippen LogP contribution in [0.25, 0.3) is 0 Å². The number of esters is 1. The van der Waals surface area contributed by atoms with E-state index in [4.69, 9.17) is 4.74 Å². The zero-order valence-electron chi connectivity index (χ0n) is 9.08. The molecule has 0 aromatic heterocycles. The fraction of sp³-hybridized carbons (Fsp3) is 0.727. The summed E-state index contributed by atoms with van der Waals surface area (Å²) in [4.78, 5) is 13.5. The Bertz CT molecular complexity index is 223. The molecule has 3 heteroatoms. The zero-order valence-corrected chi connectivity index (χ0v) is 9.08. The van der Waals surface area contributed by atoms with Crippen molar-refractivity contribution in [2.24, 2.45) is 0 Å². The molecule has 0 aliphatic carbocycles. The highest BCUT2D eigenvalue weighted by Crippen LogP contribution is 2.15. The van der Waals surface area contributed by atoms with E-state index in [0.29, 0.717) is 6.61 Å². The van der Waals surface area contributed by atoms with Crippen LogP contribution in [0.5, 0.6) is 0 Å². The van der Waals surface area contributed by atoms with Gasteiger partial charge >= 0.3 is 5.97 Å². The summed E-state index contributed by atoms with van der Waals surface area (Å²) < 4.78 is 4.88. The molecule has 0 aromatic carbocycles. The van der Waals surface area contributed by atoms with E-state index >= 15 is 0 Å². The molecular formula is C11H19NO2. The molecule has 1 heterocycles. The molecule has 80 valence electrons. The van der Waals surface area contributed by atoms with Gasteiger partial charge in [0.1, 0.15) is 0 Å². The molecule has 0 radical (unpaired) electrons. The molecular weight excluding hydrogens is 178 g/mol. The first-order valence-electron chi connectivity index (χ1n) is 5.27. The Hall–Kier alpha value is -0.830. The van der Waals surface area contributed by atoms with Gasteiger partial charge in [0.15, 0.2) is 0 Å². The maximum absolute atomic E-state index is 11.2. The first-order valence-corrected chi connectivity index (χ1v) is 5.27. The van der Waals surface area contributed by atoms with Gasteiger partial charge in [-0.15, -0.1) is 0 Å². The Morgan fingerprint density at radius 1 is 1.50 bits per heavy atom. The number of nitrogens with zero attached hydrogens (tertiary/aromatic N) is 1. The van der Waals surface area contributed by atoms with Gasteiger partial charge in [-0.1, -0.05) is 5.57 Å². The third-order valence-corrected chi connectivity index (χ3v) is 2.46. The third-order valence-electron chi connectivity index (χ3n) is 2.46. The second kappa shape index (κ2) is 5.81. The monoisotopic (exact) mass is 197 g/mol. The lowest BCUT2D eigenvalue weighted by Gasteiger charge is -2.10. The predicted octanol–water partition coefficient (Wildman–Crippen LogP) is 1.59.